The van der Waals surface area contributed by atoms with Gasteiger partial charge in [-0.05, 0) is 29.8 Å². The summed E-state index contributed by atoms with van der Waals surface area (Å²) < 4.78 is 23.1. The van der Waals surface area contributed by atoms with Gasteiger partial charge >= 0.3 is 11.8 Å². The molecule has 0 unspecified atom stereocenters. The van der Waals surface area contributed by atoms with E-state index in [1.54, 1.807) is 18.2 Å². The number of nitrogens with one attached hydrogen (secondary N) is 2. The fourth-order valence-corrected chi connectivity index (χ4v) is 1.93. The molecule has 0 aromatic heterocycles. The second kappa shape index (κ2) is 6.78. The Morgan fingerprint density at radius 1 is 1.04 bits per heavy atom. The number of hydrazone groups is 1. The number of carbonyl (C=O) groups is 2. The summed E-state index contributed by atoms with van der Waals surface area (Å²) in [4.78, 5) is 23.5. The van der Waals surface area contributed by atoms with E-state index in [4.69, 9.17) is 9.47 Å². The highest BCUT2D eigenvalue weighted by Gasteiger charge is 2.17. The van der Waals surface area contributed by atoms with E-state index in [0.29, 0.717) is 22.7 Å². The number of benzene rings is 2. The number of ether oxygens (including phenoxy) is 2. The molecule has 0 saturated carbocycles. The average molecular weight is 329 g/mol. The lowest BCUT2D eigenvalue weighted by molar-refractivity contribution is -0.136. The first kappa shape index (κ1) is 15.5. The van der Waals surface area contributed by atoms with Crippen LogP contribution >= 0.6 is 0 Å². The van der Waals surface area contributed by atoms with Gasteiger partial charge in [-0.3, -0.25) is 9.59 Å². The Morgan fingerprint density at radius 2 is 1.79 bits per heavy atom. The van der Waals surface area contributed by atoms with Gasteiger partial charge in [0.1, 0.15) is 5.82 Å². The topological polar surface area (TPSA) is 89.0 Å². The summed E-state index contributed by atoms with van der Waals surface area (Å²) in [7, 11) is 0. The molecule has 1 aliphatic heterocycles. The van der Waals surface area contributed by atoms with E-state index in [1.807, 2.05) is 0 Å². The van der Waals surface area contributed by atoms with Crippen molar-refractivity contribution in [2.24, 2.45) is 5.10 Å². The first-order valence-corrected chi connectivity index (χ1v) is 6.91. The number of nitrogens with zero attached hydrogens (tertiary/aromatic N) is 1. The fraction of sp³-hybridized carbons (Fsp3) is 0.0625. The molecule has 2 N–H and O–H groups in total. The Bertz CT molecular complexity index is 805. The molecule has 2 aromatic rings. The lowest BCUT2D eigenvalue weighted by Crippen LogP contribution is -2.32. The van der Waals surface area contributed by atoms with Crippen LogP contribution < -0.4 is 20.2 Å². The number of hydrogen-bond acceptors (Lipinski definition) is 5. The molecule has 2 amide bonds. The lowest BCUT2D eigenvalue weighted by atomic mass is 10.2. The van der Waals surface area contributed by atoms with Crippen LogP contribution in [0.3, 0.4) is 0 Å². The summed E-state index contributed by atoms with van der Waals surface area (Å²) in [5.41, 5.74) is 3.05. The van der Waals surface area contributed by atoms with Gasteiger partial charge in [-0.2, -0.15) is 5.10 Å². The zero-order valence-corrected chi connectivity index (χ0v) is 12.3. The van der Waals surface area contributed by atoms with Crippen molar-refractivity contribution >= 4 is 23.7 Å². The molecule has 0 aliphatic carbocycles. The highest BCUT2D eigenvalue weighted by Crippen LogP contribution is 2.34. The van der Waals surface area contributed by atoms with E-state index in [1.165, 1.54) is 30.5 Å². The van der Waals surface area contributed by atoms with Gasteiger partial charge in [0.25, 0.3) is 0 Å². The molecule has 2 aromatic carbocycles. The van der Waals surface area contributed by atoms with E-state index >= 15 is 0 Å². The molecule has 0 spiro atoms. The van der Waals surface area contributed by atoms with E-state index in [0.717, 1.165) is 0 Å². The van der Waals surface area contributed by atoms with Crippen LogP contribution in [0.15, 0.2) is 47.6 Å². The third kappa shape index (κ3) is 3.67. The van der Waals surface area contributed by atoms with Crippen molar-refractivity contribution in [3.05, 3.63) is 53.8 Å². The Kier molecular flexibility index (Phi) is 4.37. The highest BCUT2D eigenvalue weighted by atomic mass is 19.1. The quantitative estimate of drug-likeness (QED) is 0.509. The minimum Gasteiger partial charge on any atom is -0.454 e. The van der Waals surface area contributed by atoms with Crippen LogP contribution in [0.1, 0.15) is 5.56 Å². The van der Waals surface area contributed by atoms with Crippen LogP contribution in [-0.4, -0.2) is 24.8 Å². The van der Waals surface area contributed by atoms with Gasteiger partial charge in [0.2, 0.25) is 6.79 Å². The van der Waals surface area contributed by atoms with Crippen LogP contribution in [0, 0.1) is 5.82 Å². The zero-order valence-electron chi connectivity index (χ0n) is 12.3. The second-order valence-electron chi connectivity index (χ2n) is 4.77. The van der Waals surface area contributed by atoms with Crippen molar-refractivity contribution in [2.45, 2.75) is 0 Å². The third-order valence-corrected chi connectivity index (χ3v) is 3.09. The summed E-state index contributed by atoms with van der Waals surface area (Å²) in [5.74, 6) is -1.14. The van der Waals surface area contributed by atoms with Crippen molar-refractivity contribution in [1.29, 1.82) is 0 Å². The number of anilines is 1. The number of fused-ring (bicyclic) bond motifs is 1. The lowest BCUT2D eigenvalue weighted by Gasteiger charge is -2.04. The highest BCUT2D eigenvalue weighted by molar-refractivity contribution is 6.39. The molecular formula is C16H12FN3O4. The Labute approximate surface area is 136 Å². The van der Waals surface area contributed by atoms with Crippen LogP contribution in [0.25, 0.3) is 0 Å². The molecule has 8 heteroatoms. The van der Waals surface area contributed by atoms with Gasteiger partial charge in [0.15, 0.2) is 11.5 Å². The number of hydrogen-bond donors (Lipinski definition) is 2. The van der Waals surface area contributed by atoms with Gasteiger partial charge in [0, 0.05) is 11.8 Å². The minimum absolute atomic E-state index is 0.116. The molecule has 0 saturated heterocycles. The van der Waals surface area contributed by atoms with Crippen LogP contribution in [0.2, 0.25) is 0 Å². The molecule has 0 radical (unpaired) electrons. The van der Waals surface area contributed by atoms with Crippen molar-refractivity contribution < 1.29 is 23.5 Å². The SMILES string of the molecule is O=C(N/N=C\c1ccc(F)cc1)C(=O)Nc1ccc2c(c1)OCO2. The molecule has 0 bridgehead atoms. The van der Waals surface area contributed by atoms with E-state index < -0.39 is 11.8 Å². The maximum atomic E-state index is 12.7. The second-order valence-corrected chi connectivity index (χ2v) is 4.77. The normalized spacial score (nSPS) is 12.2. The van der Waals surface area contributed by atoms with E-state index in [9.17, 15) is 14.0 Å². The number of halogens is 1. The predicted octanol–water partition coefficient (Wildman–Crippen LogP) is 1.64. The molecule has 3 rings (SSSR count). The Balaban J connectivity index is 1.55. The van der Waals surface area contributed by atoms with Crippen LogP contribution in [0.4, 0.5) is 10.1 Å². The van der Waals surface area contributed by atoms with E-state index in [-0.39, 0.29) is 12.6 Å². The maximum absolute atomic E-state index is 12.7. The molecule has 0 atom stereocenters. The summed E-state index contributed by atoms with van der Waals surface area (Å²) in [5, 5.41) is 6.06. The summed E-state index contributed by atoms with van der Waals surface area (Å²) in [6.45, 7) is 0.116. The first-order valence-electron chi connectivity index (χ1n) is 6.91. The standard InChI is InChI=1S/C16H12FN3O4/c17-11-3-1-10(2-4-11)8-18-20-16(22)15(21)19-12-5-6-13-14(7-12)24-9-23-13/h1-8H,9H2,(H,19,21)(H,20,22)/b18-8-. The maximum Gasteiger partial charge on any atom is 0.329 e. The first-order chi connectivity index (χ1) is 11.6. The molecule has 7 nitrogen and oxygen atoms in total. The van der Waals surface area contributed by atoms with Crippen molar-refractivity contribution in [3.8, 4) is 11.5 Å². The van der Waals surface area contributed by atoms with Gasteiger partial charge in [-0.15, -0.1) is 0 Å². The van der Waals surface area contributed by atoms with Crippen molar-refractivity contribution in [1.82, 2.24) is 5.43 Å². The van der Waals surface area contributed by atoms with Crippen LogP contribution in [0.5, 0.6) is 11.5 Å². The van der Waals surface area contributed by atoms with Gasteiger partial charge in [-0.25, -0.2) is 9.82 Å². The van der Waals surface area contributed by atoms with Crippen LogP contribution in [-0.2, 0) is 9.59 Å². The van der Waals surface area contributed by atoms with Crippen molar-refractivity contribution in [2.75, 3.05) is 12.1 Å². The molecule has 122 valence electrons. The average Bonchev–Trinajstić information content (AvgIpc) is 3.04. The summed E-state index contributed by atoms with van der Waals surface area (Å²) in [6.07, 6.45) is 1.30. The summed E-state index contributed by atoms with van der Waals surface area (Å²) >= 11 is 0. The number of rotatable bonds is 3. The molecule has 0 fully saturated rings. The zero-order chi connectivity index (χ0) is 16.9. The van der Waals surface area contributed by atoms with E-state index in [2.05, 4.69) is 15.8 Å². The number of amides is 2. The van der Waals surface area contributed by atoms with Gasteiger partial charge < -0.3 is 14.8 Å². The Morgan fingerprint density at radius 3 is 2.58 bits per heavy atom. The van der Waals surface area contributed by atoms with Gasteiger partial charge in [0.05, 0.1) is 6.21 Å². The molecule has 1 heterocycles. The third-order valence-electron chi connectivity index (χ3n) is 3.09. The van der Waals surface area contributed by atoms with Crippen molar-refractivity contribution in [3.63, 3.8) is 0 Å². The molecule has 1 aliphatic rings. The molecular weight excluding hydrogens is 317 g/mol. The summed E-state index contributed by atoms with van der Waals surface area (Å²) in [6, 6.07) is 10.2. The monoisotopic (exact) mass is 329 g/mol. The van der Waals surface area contributed by atoms with Gasteiger partial charge in [-0.1, -0.05) is 12.1 Å². The molecule has 24 heavy (non-hydrogen) atoms. The fourth-order valence-electron chi connectivity index (χ4n) is 1.93. The predicted molar refractivity (Wildman–Crippen MR) is 83.3 cm³/mol. The Hall–Kier alpha value is -3.42. The number of carbonyl (C=O) groups excluding carboxylic acids is 2. The smallest absolute Gasteiger partial charge is 0.329 e. The minimum atomic E-state index is -0.939. The largest absolute Gasteiger partial charge is 0.454 e.